The Morgan fingerprint density at radius 1 is 1.50 bits per heavy atom. The second-order valence-corrected chi connectivity index (χ2v) is 2.34. The number of fused-ring (bicyclic) bond motifs is 1. The van der Waals surface area contributed by atoms with Gasteiger partial charge in [-0.2, -0.15) is 0 Å². The molecule has 0 aliphatic heterocycles. The fourth-order valence-corrected chi connectivity index (χ4v) is 1.10. The average molecular weight is 163 g/mol. The van der Waals surface area contributed by atoms with Crippen LogP contribution in [0.25, 0.3) is 10.8 Å². The third-order valence-corrected chi connectivity index (χ3v) is 1.62. The molecule has 0 aliphatic carbocycles. The van der Waals surface area contributed by atoms with E-state index in [0.29, 0.717) is 17.1 Å². The second-order valence-electron chi connectivity index (χ2n) is 2.34. The van der Waals surface area contributed by atoms with Crippen molar-refractivity contribution < 1.29 is 14.3 Å². The van der Waals surface area contributed by atoms with Crippen molar-refractivity contribution >= 4 is 17.1 Å². The van der Waals surface area contributed by atoms with Crippen LogP contribution >= 0.6 is 0 Å². The van der Waals surface area contributed by atoms with Crippen molar-refractivity contribution in [2.45, 2.75) is 0 Å². The van der Waals surface area contributed by atoms with Gasteiger partial charge >= 0.3 is 0 Å². The maximum Gasteiger partial charge on any atom is 0.186 e. The summed E-state index contributed by atoms with van der Waals surface area (Å²) in [5, 5.41) is 10.3. The zero-order chi connectivity index (χ0) is 8.55. The Hall–Kier alpha value is -1.84. The van der Waals surface area contributed by atoms with Crippen molar-refractivity contribution in [1.82, 2.24) is 4.98 Å². The molecule has 0 amide bonds. The van der Waals surface area contributed by atoms with Gasteiger partial charge < -0.3 is 9.52 Å². The molecule has 0 saturated heterocycles. The van der Waals surface area contributed by atoms with Gasteiger partial charge in [0.2, 0.25) is 0 Å². The highest BCUT2D eigenvalue weighted by molar-refractivity contribution is 5.98. The summed E-state index contributed by atoms with van der Waals surface area (Å²) in [5.41, 5.74) is 0. The highest BCUT2D eigenvalue weighted by Gasteiger charge is 2.08. The first-order chi connectivity index (χ1) is 5.83. The SMILES string of the molecule is O=Cc1occ2cncc(O)c12. The lowest BCUT2D eigenvalue weighted by molar-refractivity contribution is 0.110. The monoisotopic (exact) mass is 163 g/mol. The van der Waals surface area contributed by atoms with Crippen molar-refractivity contribution in [3.63, 3.8) is 0 Å². The van der Waals surface area contributed by atoms with Crippen LogP contribution in [0.4, 0.5) is 0 Å². The van der Waals surface area contributed by atoms with E-state index in [1.807, 2.05) is 0 Å². The molecule has 60 valence electrons. The number of rotatable bonds is 1. The molecule has 0 aliphatic rings. The highest BCUT2D eigenvalue weighted by Crippen LogP contribution is 2.26. The molecule has 0 fully saturated rings. The Labute approximate surface area is 67.4 Å². The van der Waals surface area contributed by atoms with Gasteiger partial charge in [-0.25, -0.2) is 0 Å². The van der Waals surface area contributed by atoms with Gasteiger partial charge in [-0.1, -0.05) is 0 Å². The number of carbonyl (C=O) groups is 1. The molecular formula is C8H5NO3. The van der Waals surface area contributed by atoms with Gasteiger partial charge in [0, 0.05) is 11.6 Å². The zero-order valence-corrected chi connectivity index (χ0v) is 6.02. The molecule has 2 heterocycles. The van der Waals surface area contributed by atoms with E-state index in [0.717, 1.165) is 0 Å². The molecule has 4 heteroatoms. The van der Waals surface area contributed by atoms with E-state index >= 15 is 0 Å². The van der Waals surface area contributed by atoms with Crippen LogP contribution in [0.3, 0.4) is 0 Å². The summed E-state index contributed by atoms with van der Waals surface area (Å²) >= 11 is 0. The Balaban J connectivity index is 2.91. The summed E-state index contributed by atoms with van der Waals surface area (Å²) in [6, 6.07) is 0. The minimum Gasteiger partial charge on any atom is -0.506 e. The zero-order valence-electron chi connectivity index (χ0n) is 6.02. The molecule has 0 saturated carbocycles. The molecule has 2 rings (SSSR count). The van der Waals surface area contributed by atoms with E-state index in [2.05, 4.69) is 4.98 Å². The minimum atomic E-state index is -0.0386. The lowest BCUT2D eigenvalue weighted by Crippen LogP contribution is -1.77. The fraction of sp³-hybridized carbons (Fsp3) is 0. The molecular weight excluding hydrogens is 158 g/mol. The topological polar surface area (TPSA) is 63.3 Å². The van der Waals surface area contributed by atoms with Crippen LogP contribution in [-0.2, 0) is 0 Å². The molecule has 0 bridgehead atoms. The van der Waals surface area contributed by atoms with Crippen LogP contribution in [0.1, 0.15) is 10.6 Å². The van der Waals surface area contributed by atoms with E-state index in [4.69, 9.17) is 4.42 Å². The molecule has 0 unspecified atom stereocenters. The maximum absolute atomic E-state index is 10.4. The largest absolute Gasteiger partial charge is 0.506 e. The van der Waals surface area contributed by atoms with Gasteiger partial charge in [0.25, 0.3) is 0 Å². The molecule has 2 aromatic rings. The van der Waals surface area contributed by atoms with Gasteiger partial charge in [0.1, 0.15) is 12.0 Å². The summed E-state index contributed by atoms with van der Waals surface area (Å²) in [6.07, 6.45) is 4.73. The number of nitrogens with zero attached hydrogens (tertiary/aromatic N) is 1. The van der Waals surface area contributed by atoms with E-state index in [1.165, 1.54) is 18.7 Å². The Bertz CT molecular complexity index is 433. The van der Waals surface area contributed by atoms with Crippen molar-refractivity contribution in [3.05, 3.63) is 24.4 Å². The van der Waals surface area contributed by atoms with Crippen LogP contribution in [0.15, 0.2) is 23.1 Å². The Morgan fingerprint density at radius 2 is 2.33 bits per heavy atom. The number of hydrogen-bond donors (Lipinski definition) is 1. The van der Waals surface area contributed by atoms with E-state index in [-0.39, 0.29) is 11.5 Å². The van der Waals surface area contributed by atoms with Gasteiger partial charge in [-0.15, -0.1) is 0 Å². The molecule has 0 aromatic carbocycles. The molecule has 2 aromatic heterocycles. The minimum absolute atomic E-state index is 0.0386. The predicted octanol–water partition coefficient (Wildman–Crippen LogP) is 1.35. The third-order valence-electron chi connectivity index (χ3n) is 1.62. The molecule has 12 heavy (non-hydrogen) atoms. The Morgan fingerprint density at radius 3 is 3.08 bits per heavy atom. The fourth-order valence-electron chi connectivity index (χ4n) is 1.10. The van der Waals surface area contributed by atoms with Crippen LogP contribution in [0.2, 0.25) is 0 Å². The quantitative estimate of drug-likeness (QED) is 0.644. The number of aldehydes is 1. The first-order valence-corrected chi connectivity index (χ1v) is 3.32. The first-order valence-electron chi connectivity index (χ1n) is 3.32. The first kappa shape index (κ1) is 6.84. The lowest BCUT2D eigenvalue weighted by Gasteiger charge is -1.91. The summed E-state index contributed by atoms with van der Waals surface area (Å²) in [5.74, 6) is 0.0910. The summed E-state index contributed by atoms with van der Waals surface area (Å²) in [6.45, 7) is 0. The molecule has 0 atom stereocenters. The van der Waals surface area contributed by atoms with Crippen molar-refractivity contribution in [2.75, 3.05) is 0 Å². The maximum atomic E-state index is 10.4. The van der Waals surface area contributed by atoms with E-state index in [9.17, 15) is 9.90 Å². The van der Waals surface area contributed by atoms with Crippen LogP contribution in [0, 0.1) is 0 Å². The van der Waals surface area contributed by atoms with Crippen molar-refractivity contribution in [1.29, 1.82) is 0 Å². The van der Waals surface area contributed by atoms with Gasteiger partial charge in [0.05, 0.1) is 11.6 Å². The smallest absolute Gasteiger partial charge is 0.186 e. The second kappa shape index (κ2) is 2.34. The van der Waals surface area contributed by atoms with E-state index in [1.54, 1.807) is 0 Å². The number of carbonyl (C=O) groups excluding carboxylic acids is 1. The lowest BCUT2D eigenvalue weighted by atomic mass is 10.2. The average Bonchev–Trinajstić information content (AvgIpc) is 2.49. The molecule has 4 nitrogen and oxygen atoms in total. The van der Waals surface area contributed by atoms with Gasteiger partial charge in [-0.3, -0.25) is 9.78 Å². The van der Waals surface area contributed by atoms with Gasteiger partial charge in [0.15, 0.2) is 12.0 Å². The number of furan rings is 1. The number of hydrogen-bond acceptors (Lipinski definition) is 4. The van der Waals surface area contributed by atoms with Crippen molar-refractivity contribution in [3.8, 4) is 5.75 Å². The number of aromatic hydroxyl groups is 1. The normalized spacial score (nSPS) is 10.3. The van der Waals surface area contributed by atoms with Crippen LogP contribution in [0.5, 0.6) is 5.75 Å². The summed E-state index contributed by atoms with van der Waals surface area (Å²) in [7, 11) is 0. The Kier molecular flexibility index (Phi) is 1.33. The van der Waals surface area contributed by atoms with Crippen LogP contribution < -0.4 is 0 Å². The molecule has 1 N–H and O–H groups in total. The molecule has 0 spiro atoms. The highest BCUT2D eigenvalue weighted by atomic mass is 16.3. The van der Waals surface area contributed by atoms with E-state index < -0.39 is 0 Å². The number of aromatic nitrogens is 1. The van der Waals surface area contributed by atoms with Crippen molar-refractivity contribution in [2.24, 2.45) is 0 Å². The summed E-state index contributed by atoms with van der Waals surface area (Å²) < 4.78 is 4.88. The third kappa shape index (κ3) is 0.780. The summed E-state index contributed by atoms with van der Waals surface area (Å²) in [4.78, 5) is 14.1. The molecule has 0 radical (unpaired) electrons. The number of pyridine rings is 1. The standard InChI is InChI=1S/C8H5NO3/c10-3-7-8-5(4-12-7)1-9-2-6(8)11/h1-4,11H. The van der Waals surface area contributed by atoms with Gasteiger partial charge in [-0.05, 0) is 0 Å². The van der Waals surface area contributed by atoms with Crippen LogP contribution in [-0.4, -0.2) is 16.4 Å². The predicted molar refractivity (Wildman–Crippen MR) is 41.1 cm³/mol.